The monoisotopic (exact) mass is 310 g/mol. The van der Waals surface area contributed by atoms with Crippen LogP contribution < -0.4 is 10.1 Å². The summed E-state index contributed by atoms with van der Waals surface area (Å²) in [6.07, 6.45) is 5.04. The fourth-order valence-corrected chi connectivity index (χ4v) is 3.22. The molecular formula is C17H27ClN2O. The molecule has 1 N–H and O–H groups in total. The molecule has 3 nitrogen and oxygen atoms in total. The molecule has 1 heterocycles. The Hall–Kier alpha value is -0.770. The zero-order valence-electron chi connectivity index (χ0n) is 13.2. The van der Waals surface area contributed by atoms with Gasteiger partial charge < -0.3 is 10.1 Å². The number of ether oxygens (including phenoxy) is 1. The molecule has 1 saturated heterocycles. The van der Waals surface area contributed by atoms with E-state index in [4.69, 9.17) is 16.3 Å². The van der Waals surface area contributed by atoms with E-state index in [1.165, 1.54) is 31.2 Å². The Morgan fingerprint density at radius 3 is 2.71 bits per heavy atom. The summed E-state index contributed by atoms with van der Waals surface area (Å²) in [6, 6.07) is 6.71. The largest absolute Gasteiger partial charge is 0.495 e. The van der Waals surface area contributed by atoms with Crippen molar-refractivity contribution in [1.82, 2.24) is 10.2 Å². The number of hydrogen-bond acceptors (Lipinski definition) is 3. The number of methoxy groups -OCH3 is 1. The summed E-state index contributed by atoms with van der Waals surface area (Å²) in [4.78, 5) is 2.59. The van der Waals surface area contributed by atoms with Crippen LogP contribution in [0, 0.1) is 0 Å². The summed E-state index contributed by atoms with van der Waals surface area (Å²) in [5.41, 5.74) is 1.33. The molecule has 0 radical (unpaired) electrons. The number of nitrogens with one attached hydrogen (secondary N) is 1. The topological polar surface area (TPSA) is 24.5 Å². The van der Waals surface area contributed by atoms with Gasteiger partial charge in [-0.15, -0.1) is 0 Å². The minimum Gasteiger partial charge on any atom is -0.495 e. The van der Waals surface area contributed by atoms with Gasteiger partial charge in [0.05, 0.1) is 12.1 Å². The highest BCUT2D eigenvalue weighted by atomic mass is 35.5. The fraction of sp³-hybridized carbons (Fsp3) is 0.647. The third kappa shape index (κ3) is 4.60. The highest BCUT2D eigenvalue weighted by molar-refractivity contribution is 6.32. The van der Waals surface area contributed by atoms with Crippen LogP contribution in [0.15, 0.2) is 18.2 Å². The lowest BCUT2D eigenvalue weighted by Gasteiger charge is -2.35. The first kappa shape index (κ1) is 16.6. The molecule has 21 heavy (non-hydrogen) atoms. The average Bonchev–Trinajstić information content (AvgIpc) is 2.53. The Bertz CT molecular complexity index is 433. The second-order valence-corrected chi connectivity index (χ2v) is 6.10. The van der Waals surface area contributed by atoms with E-state index < -0.39 is 0 Å². The number of unbranched alkanes of at least 4 members (excludes halogenated alkanes) is 2. The molecule has 4 heteroatoms. The summed E-state index contributed by atoms with van der Waals surface area (Å²) < 4.78 is 5.39. The highest BCUT2D eigenvalue weighted by Gasteiger charge is 2.22. The third-order valence-corrected chi connectivity index (χ3v) is 4.55. The van der Waals surface area contributed by atoms with Crippen LogP contribution in [0.4, 0.5) is 0 Å². The summed E-state index contributed by atoms with van der Waals surface area (Å²) in [5, 5.41) is 4.12. The summed E-state index contributed by atoms with van der Waals surface area (Å²) >= 11 is 6.17. The SMILES string of the molecule is CCCCC[C@@H](c1ccc(Cl)c(OC)c1)N1CCNCC1. The highest BCUT2D eigenvalue weighted by Crippen LogP contribution is 2.33. The van der Waals surface area contributed by atoms with E-state index in [1.807, 2.05) is 6.07 Å². The van der Waals surface area contributed by atoms with Gasteiger partial charge in [0.25, 0.3) is 0 Å². The zero-order valence-corrected chi connectivity index (χ0v) is 14.0. The number of benzene rings is 1. The van der Waals surface area contributed by atoms with E-state index in [0.717, 1.165) is 31.9 Å². The number of rotatable bonds is 7. The van der Waals surface area contributed by atoms with Crippen LogP contribution in [0.5, 0.6) is 5.75 Å². The molecule has 1 atom stereocenters. The molecule has 0 spiro atoms. The number of piperazine rings is 1. The van der Waals surface area contributed by atoms with Gasteiger partial charge in [-0.2, -0.15) is 0 Å². The third-order valence-electron chi connectivity index (χ3n) is 4.23. The first-order chi connectivity index (χ1) is 10.3. The normalized spacial score (nSPS) is 17.7. The average molecular weight is 311 g/mol. The van der Waals surface area contributed by atoms with Crippen LogP contribution in [0.3, 0.4) is 0 Å². The number of hydrogen-bond donors (Lipinski definition) is 1. The maximum atomic E-state index is 6.17. The predicted octanol–water partition coefficient (Wildman–Crippen LogP) is 3.88. The predicted molar refractivity (Wildman–Crippen MR) is 89.3 cm³/mol. The molecule has 1 aliphatic heterocycles. The maximum Gasteiger partial charge on any atom is 0.137 e. The Labute approximate surface area is 133 Å². The molecule has 0 unspecified atom stereocenters. The van der Waals surface area contributed by atoms with Crippen molar-refractivity contribution in [3.05, 3.63) is 28.8 Å². The lowest BCUT2D eigenvalue weighted by molar-refractivity contribution is 0.162. The second-order valence-electron chi connectivity index (χ2n) is 5.69. The van der Waals surface area contributed by atoms with E-state index in [9.17, 15) is 0 Å². The summed E-state index contributed by atoms with van der Waals surface area (Å²) in [6.45, 7) is 6.64. The van der Waals surface area contributed by atoms with Gasteiger partial charge in [-0.3, -0.25) is 4.90 Å². The van der Waals surface area contributed by atoms with Crippen LogP contribution >= 0.6 is 11.6 Å². The molecular weight excluding hydrogens is 284 g/mol. The number of halogens is 1. The molecule has 1 fully saturated rings. The quantitative estimate of drug-likeness (QED) is 0.774. The van der Waals surface area contributed by atoms with Crippen molar-refractivity contribution in [2.24, 2.45) is 0 Å². The minimum absolute atomic E-state index is 0.477. The van der Waals surface area contributed by atoms with Gasteiger partial charge >= 0.3 is 0 Å². The van der Waals surface area contributed by atoms with E-state index in [-0.39, 0.29) is 0 Å². The maximum absolute atomic E-state index is 6.17. The molecule has 1 aliphatic rings. The van der Waals surface area contributed by atoms with Gasteiger partial charge in [0, 0.05) is 32.2 Å². The van der Waals surface area contributed by atoms with Crippen molar-refractivity contribution < 1.29 is 4.74 Å². The standard InChI is InChI=1S/C17H27ClN2O/c1-3-4-5-6-16(20-11-9-19-10-12-20)14-7-8-15(18)17(13-14)21-2/h7-8,13,16,19H,3-6,9-12H2,1-2H3/t16-/m0/s1. The summed E-state index contributed by atoms with van der Waals surface area (Å²) in [7, 11) is 1.68. The van der Waals surface area contributed by atoms with Crippen LogP contribution in [-0.4, -0.2) is 38.2 Å². The molecule has 1 aromatic carbocycles. The first-order valence-electron chi connectivity index (χ1n) is 8.04. The van der Waals surface area contributed by atoms with Gasteiger partial charge in [-0.1, -0.05) is 43.9 Å². The summed E-state index contributed by atoms with van der Waals surface area (Å²) in [5.74, 6) is 0.782. The van der Waals surface area contributed by atoms with Crippen LogP contribution in [0.1, 0.15) is 44.2 Å². The van der Waals surface area contributed by atoms with Crippen LogP contribution in [0.25, 0.3) is 0 Å². The zero-order chi connectivity index (χ0) is 15.1. The van der Waals surface area contributed by atoms with Gasteiger partial charge in [0.1, 0.15) is 5.75 Å². The van der Waals surface area contributed by atoms with Gasteiger partial charge in [0.15, 0.2) is 0 Å². The molecule has 0 bridgehead atoms. The van der Waals surface area contributed by atoms with Crippen molar-refractivity contribution in [1.29, 1.82) is 0 Å². The molecule has 0 saturated carbocycles. The fourth-order valence-electron chi connectivity index (χ4n) is 3.03. The van der Waals surface area contributed by atoms with Gasteiger partial charge in [-0.25, -0.2) is 0 Å². The van der Waals surface area contributed by atoms with E-state index in [0.29, 0.717) is 11.1 Å². The van der Waals surface area contributed by atoms with Crippen molar-refractivity contribution >= 4 is 11.6 Å². The van der Waals surface area contributed by atoms with E-state index in [1.54, 1.807) is 7.11 Å². The Morgan fingerprint density at radius 2 is 2.05 bits per heavy atom. The Kier molecular flexibility index (Phi) is 6.81. The molecule has 0 aromatic heterocycles. The van der Waals surface area contributed by atoms with Gasteiger partial charge in [-0.05, 0) is 24.1 Å². The second kappa shape index (κ2) is 8.62. The number of nitrogens with zero attached hydrogens (tertiary/aromatic N) is 1. The molecule has 118 valence electrons. The van der Waals surface area contributed by atoms with Crippen LogP contribution in [0.2, 0.25) is 5.02 Å². The Morgan fingerprint density at radius 1 is 1.29 bits per heavy atom. The molecule has 2 rings (SSSR count). The molecule has 0 amide bonds. The minimum atomic E-state index is 0.477. The van der Waals surface area contributed by atoms with E-state index >= 15 is 0 Å². The molecule has 1 aromatic rings. The smallest absolute Gasteiger partial charge is 0.137 e. The van der Waals surface area contributed by atoms with Crippen LogP contribution in [-0.2, 0) is 0 Å². The van der Waals surface area contributed by atoms with Crippen molar-refractivity contribution in [3.8, 4) is 5.75 Å². The lowest BCUT2D eigenvalue weighted by atomic mass is 9.98. The Balaban J connectivity index is 2.16. The van der Waals surface area contributed by atoms with Crippen molar-refractivity contribution in [3.63, 3.8) is 0 Å². The van der Waals surface area contributed by atoms with Gasteiger partial charge in [0.2, 0.25) is 0 Å². The van der Waals surface area contributed by atoms with Crippen molar-refractivity contribution in [2.75, 3.05) is 33.3 Å². The van der Waals surface area contributed by atoms with Crippen molar-refractivity contribution in [2.45, 2.75) is 38.6 Å². The molecule has 0 aliphatic carbocycles. The lowest BCUT2D eigenvalue weighted by Crippen LogP contribution is -2.45. The van der Waals surface area contributed by atoms with E-state index in [2.05, 4.69) is 29.3 Å². The first-order valence-corrected chi connectivity index (χ1v) is 8.42.